The van der Waals surface area contributed by atoms with E-state index in [1.807, 2.05) is 4.90 Å². The van der Waals surface area contributed by atoms with Crippen LogP contribution in [0.5, 0.6) is 5.75 Å². The number of para-hydroxylation sites is 1. The summed E-state index contributed by atoms with van der Waals surface area (Å²) in [5.41, 5.74) is 0. The number of ether oxygens (including phenoxy) is 1. The maximum atomic E-state index is 13.5. The lowest BCUT2D eigenvalue weighted by Gasteiger charge is -2.35. The maximum absolute atomic E-state index is 13.5. The molecule has 1 amide bonds. The number of halogens is 1. The second kappa shape index (κ2) is 7.77. The number of hydrogen-bond acceptors (Lipinski definition) is 3. The molecule has 0 bridgehead atoms. The number of nitrogens with zero attached hydrogens (tertiary/aromatic N) is 2. The lowest BCUT2D eigenvalue weighted by molar-refractivity contribution is -0.137. The highest BCUT2D eigenvalue weighted by atomic mass is 19.1. The molecule has 1 aliphatic carbocycles. The van der Waals surface area contributed by atoms with Crippen LogP contribution >= 0.6 is 0 Å². The van der Waals surface area contributed by atoms with E-state index in [-0.39, 0.29) is 11.7 Å². The Morgan fingerprint density at radius 1 is 1.13 bits per heavy atom. The van der Waals surface area contributed by atoms with Crippen molar-refractivity contribution in [2.24, 2.45) is 5.92 Å². The number of piperazine rings is 1. The van der Waals surface area contributed by atoms with Gasteiger partial charge in [0.05, 0.1) is 0 Å². The van der Waals surface area contributed by atoms with Crippen LogP contribution in [-0.2, 0) is 4.79 Å². The summed E-state index contributed by atoms with van der Waals surface area (Å²) in [5.74, 6) is 0.609. The fourth-order valence-corrected chi connectivity index (χ4v) is 3.47. The van der Waals surface area contributed by atoms with E-state index in [0.29, 0.717) is 18.3 Å². The Labute approximate surface area is 137 Å². The lowest BCUT2D eigenvalue weighted by Crippen LogP contribution is -2.50. The number of hydrogen-bond donors (Lipinski definition) is 0. The monoisotopic (exact) mass is 320 g/mol. The average molecular weight is 320 g/mol. The van der Waals surface area contributed by atoms with Crippen molar-refractivity contribution in [3.8, 4) is 5.75 Å². The van der Waals surface area contributed by atoms with Crippen LogP contribution in [0.2, 0.25) is 0 Å². The van der Waals surface area contributed by atoms with Crippen LogP contribution in [-0.4, -0.2) is 55.0 Å². The molecule has 1 aliphatic heterocycles. The van der Waals surface area contributed by atoms with Crippen molar-refractivity contribution in [1.82, 2.24) is 9.80 Å². The number of benzene rings is 1. The van der Waals surface area contributed by atoms with Crippen LogP contribution in [0.1, 0.15) is 25.7 Å². The Morgan fingerprint density at radius 2 is 1.83 bits per heavy atom. The molecule has 1 saturated heterocycles. The number of carbonyl (C=O) groups is 1. The van der Waals surface area contributed by atoms with E-state index in [4.69, 9.17) is 4.74 Å². The third-order valence-electron chi connectivity index (χ3n) is 4.89. The van der Waals surface area contributed by atoms with Crippen molar-refractivity contribution >= 4 is 5.91 Å². The van der Waals surface area contributed by atoms with Crippen molar-refractivity contribution in [3.05, 3.63) is 30.1 Å². The minimum Gasteiger partial charge on any atom is -0.489 e. The van der Waals surface area contributed by atoms with Gasteiger partial charge in [0.15, 0.2) is 11.6 Å². The Bertz CT molecular complexity index is 524. The molecule has 5 heteroatoms. The van der Waals surface area contributed by atoms with E-state index in [9.17, 15) is 9.18 Å². The molecule has 1 aromatic carbocycles. The average Bonchev–Trinajstić information content (AvgIpc) is 3.11. The van der Waals surface area contributed by atoms with Crippen LogP contribution in [0.25, 0.3) is 0 Å². The molecule has 0 atom stereocenters. The van der Waals surface area contributed by atoms with Crippen molar-refractivity contribution in [2.45, 2.75) is 25.7 Å². The van der Waals surface area contributed by atoms with Gasteiger partial charge in [0.2, 0.25) is 5.91 Å². The molecule has 1 heterocycles. The van der Waals surface area contributed by atoms with Crippen LogP contribution in [0.4, 0.5) is 4.39 Å². The van der Waals surface area contributed by atoms with E-state index in [1.54, 1.807) is 18.2 Å². The highest BCUT2D eigenvalue weighted by molar-refractivity contribution is 5.79. The molecule has 0 aromatic heterocycles. The van der Waals surface area contributed by atoms with E-state index >= 15 is 0 Å². The van der Waals surface area contributed by atoms with Crippen LogP contribution in [0.3, 0.4) is 0 Å². The van der Waals surface area contributed by atoms with E-state index in [2.05, 4.69) is 4.90 Å². The summed E-state index contributed by atoms with van der Waals surface area (Å²) in [5, 5.41) is 0. The van der Waals surface area contributed by atoms with Gasteiger partial charge in [-0.1, -0.05) is 25.0 Å². The molecular formula is C18H25FN2O2. The Hall–Kier alpha value is -1.62. The van der Waals surface area contributed by atoms with E-state index in [0.717, 1.165) is 45.6 Å². The molecule has 3 rings (SSSR count). The number of carbonyl (C=O) groups excluding carboxylic acids is 1. The molecule has 2 fully saturated rings. The second-order valence-electron chi connectivity index (χ2n) is 6.43. The Balaban J connectivity index is 1.37. The predicted molar refractivity (Wildman–Crippen MR) is 86.9 cm³/mol. The van der Waals surface area contributed by atoms with E-state index < -0.39 is 0 Å². The summed E-state index contributed by atoms with van der Waals surface area (Å²) >= 11 is 0. The number of rotatable bonds is 5. The minimum atomic E-state index is -0.320. The summed E-state index contributed by atoms with van der Waals surface area (Å²) in [4.78, 5) is 16.7. The van der Waals surface area contributed by atoms with Gasteiger partial charge in [-0.15, -0.1) is 0 Å². The standard InChI is InChI=1S/C18H25FN2O2/c19-16-7-3-4-8-17(16)23-14-13-20-9-11-21(12-10-20)18(22)15-5-1-2-6-15/h3-4,7-8,15H,1-2,5-6,9-14H2. The summed E-state index contributed by atoms with van der Waals surface area (Å²) in [6, 6.07) is 6.48. The van der Waals surface area contributed by atoms with Crippen molar-refractivity contribution in [3.63, 3.8) is 0 Å². The van der Waals surface area contributed by atoms with Gasteiger partial charge in [0.25, 0.3) is 0 Å². The topological polar surface area (TPSA) is 32.8 Å². The zero-order valence-corrected chi connectivity index (χ0v) is 13.5. The third-order valence-corrected chi connectivity index (χ3v) is 4.89. The molecule has 4 nitrogen and oxygen atoms in total. The SMILES string of the molecule is O=C(C1CCCC1)N1CCN(CCOc2ccccc2F)CC1. The maximum Gasteiger partial charge on any atom is 0.225 e. The summed E-state index contributed by atoms with van der Waals surface area (Å²) in [7, 11) is 0. The van der Waals surface area contributed by atoms with Gasteiger partial charge in [-0.05, 0) is 25.0 Å². The molecule has 2 aliphatic rings. The Morgan fingerprint density at radius 3 is 2.52 bits per heavy atom. The molecule has 0 unspecified atom stereocenters. The molecule has 0 spiro atoms. The van der Waals surface area contributed by atoms with Crippen molar-refractivity contribution in [1.29, 1.82) is 0 Å². The first-order chi connectivity index (χ1) is 11.2. The Kier molecular flexibility index (Phi) is 5.49. The molecule has 0 N–H and O–H groups in total. The summed E-state index contributed by atoms with van der Waals surface area (Å²) < 4.78 is 19.0. The highest BCUT2D eigenvalue weighted by Crippen LogP contribution is 2.26. The number of amides is 1. The first kappa shape index (κ1) is 16.2. The largest absolute Gasteiger partial charge is 0.489 e. The van der Waals surface area contributed by atoms with Crippen LogP contribution in [0, 0.1) is 11.7 Å². The van der Waals surface area contributed by atoms with Gasteiger partial charge in [0, 0.05) is 38.6 Å². The minimum absolute atomic E-state index is 0.269. The fourth-order valence-electron chi connectivity index (χ4n) is 3.47. The first-order valence-corrected chi connectivity index (χ1v) is 8.62. The summed E-state index contributed by atoms with van der Waals surface area (Å²) in [6.45, 7) is 4.58. The molecule has 1 aromatic rings. The van der Waals surface area contributed by atoms with Crippen LogP contribution in [0.15, 0.2) is 24.3 Å². The highest BCUT2D eigenvalue weighted by Gasteiger charge is 2.29. The molecule has 0 radical (unpaired) electrons. The normalized spacial score (nSPS) is 20.0. The van der Waals surface area contributed by atoms with Gasteiger partial charge >= 0.3 is 0 Å². The van der Waals surface area contributed by atoms with Gasteiger partial charge < -0.3 is 9.64 Å². The molecule has 1 saturated carbocycles. The van der Waals surface area contributed by atoms with Gasteiger partial charge in [0.1, 0.15) is 6.61 Å². The zero-order chi connectivity index (χ0) is 16.1. The van der Waals surface area contributed by atoms with Gasteiger partial charge in [-0.25, -0.2) is 4.39 Å². The van der Waals surface area contributed by atoms with Gasteiger partial charge in [-0.2, -0.15) is 0 Å². The van der Waals surface area contributed by atoms with E-state index in [1.165, 1.54) is 18.9 Å². The predicted octanol–water partition coefficient (Wildman–Crippen LogP) is 2.54. The smallest absolute Gasteiger partial charge is 0.225 e. The van der Waals surface area contributed by atoms with Gasteiger partial charge in [-0.3, -0.25) is 9.69 Å². The molecular weight excluding hydrogens is 295 g/mol. The molecule has 23 heavy (non-hydrogen) atoms. The van der Waals surface area contributed by atoms with Crippen LogP contribution < -0.4 is 4.74 Å². The third kappa shape index (κ3) is 4.22. The van der Waals surface area contributed by atoms with Crippen molar-refractivity contribution in [2.75, 3.05) is 39.3 Å². The fraction of sp³-hybridized carbons (Fsp3) is 0.611. The summed E-state index contributed by atoms with van der Waals surface area (Å²) in [6.07, 6.45) is 4.53. The lowest BCUT2D eigenvalue weighted by atomic mass is 10.1. The quantitative estimate of drug-likeness (QED) is 0.836. The second-order valence-corrected chi connectivity index (χ2v) is 6.43. The first-order valence-electron chi connectivity index (χ1n) is 8.62. The van der Waals surface area contributed by atoms with Crippen molar-refractivity contribution < 1.29 is 13.9 Å². The molecule has 126 valence electrons. The zero-order valence-electron chi connectivity index (χ0n) is 13.5.